The van der Waals surface area contributed by atoms with E-state index in [1.807, 2.05) is 0 Å². The van der Waals surface area contributed by atoms with Crippen molar-refractivity contribution in [3.63, 3.8) is 0 Å². The molecule has 0 saturated heterocycles. The Balaban J connectivity index is 4.22. The summed E-state index contributed by atoms with van der Waals surface area (Å²) in [4.78, 5) is 21.7. The van der Waals surface area contributed by atoms with E-state index >= 15 is 0 Å². The van der Waals surface area contributed by atoms with Crippen molar-refractivity contribution in [2.45, 2.75) is 90.1 Å². The van der Waals surface area contributed by atoms with Crippen molar-refractivity contribution in [1.29, 1.82) is 0 Å². The van der Waals surface area contributed by atoms with E-state index in [0.29, 0.717) is 6.42 Å². The van der Waals surface area contributed by atoms with E-state index in [9.17, 15) is 19.4 Å². The summed E-state index contributed by atoms with van der Waals surface area (Å²) in [5.41, 5.74) is 0. The molecule has 0 aromatic carbocycles. The highest BCUT2D eigenvalue weighted by Crippen LogP contribution is 2.43. The smallest absolute Gasteiger partial charge is 0.463 e. The normalized spacial score (nSPS) is 19.9. The maximum Gasteiger partial charge on any atom is 0.472 e. The summed E-state index contributed by atoms with van der Waals surface area (Å²) in [5, 5.41) is 9.91. The fourth-order valence-corrected chi connectivity index (χ4v) is 3.65. The molecule has 8 nitrogen and oxygen atoms in total. The molecule has 9 heteroatoms. The Kier molecular flexibility index (Phi) is 12.6. The van der Waals surface area contributed by atoms with E-state index in [0.717, 1.165) is 44.9 Å². The first kappa shape index (κ1) is 21.0. The van der Waals surface area contributed by atoms with E-state index in [-0.39, 0.29) is 6.42 Å². The highest BCUT2D eigenvalue weighted by Gasteiger charge is 2.24. The standard InChI is InChI=1S/C26H50NO7P/c1-5-6-7-8-9-10-11-12-13-14-15-16-17-18-19-20-26(29)32-23-25(28)24-34-35(30,31)33-22-21-27(2,3)4/h9-10,12-13,25,28H,5-8,11,14-24H2,1-4H3/p+1/b10-9-,13-12-/t25-/m1/s1/i2D3,3D3,4D3. The minimum Gasteiger partial charge on any atom is -0.463 e. The molecule has 0 saturated carbocycles. The number of aliphatic hydroxyl groups excluding tert-OH is 1. The zero-order chi connectivity index (χ0) is 33.9. The number of nitrogens with zero attached hydrogens (tertiary/aromatic N) is 1. The Bertz CT molecular complexity index is 874. The van der Waals surface area contributed by atoms with Crippen molar-refractivity contribution in [1.82, 2.24) is 0 Å². The van der Waals surface area contributed by atoms with Crippen LogP contribution in [-0.4, -0.2) is 73.8 Å². The van der Waals surface area contributed by atoms with Gasteiger partial charge in [0.1, 0.15) is 25.9 Å². The summed E-state index contributed by atoms with van der Waals surface area (Å²) in [5.74, 6) is -0.550. The van der Waals surface area contributed by atoms with E-state index in [1.165, 1.54) is 19.3 Å². The van der Waals surface area contributed by atoms with E-state index in [4.69, 9.17) is 17.1 Å². The largest absolute Gasteiger partial charge is 0.472 e. The second-order valence-electron chi connectivity index (χ2n) is 8.45. The maximum absolute atomic E-state index is 12.1. The van der Waals surface area contributed by atoms with Crippen LogP contribution < -0.4 is 0 Å². The first-order valence-electron chi connectivity index (χ1n) is 16.9. The summed E-state index contributed by atoms with van der Waals surface area (Å²) in [6.45, 7) is -12.0. The molecule has 0 spiro atoms. The molecule has 35 heavy (non-hydrogen) atoms. The lowest BCUT2D eigenvalue weighted by molar-refractivity contribution is -0.870. The van der Waals surface area contributed by atoms with Crippen LogP contribution in [0.25, 0.3) is 0 Å². The Labute approximate surface area is 226 Å². The molecule has 0 aliphatic carbocycles. The molecule has 2 N–H and O–H groups in total. The number of ether oxygens (including phenoxy) is 1. The Morgan fingerprint density at radius 1 is 0.943 bits per heavy atom. The van der Waals surface area contributed by atoms with Gasteiger partial charge in [0.05, 0.1) is 39.9 Å². The van der Waals surface area contributed by atoms with Crippen LogP contribution in [0.1, 0.15) is 96.3 Å². The molecule has 2 atom stereocenters. The minimum atomic E-state index is -4.95. The molecule has 0 aromatic heterocycles. The fraction of sp³-hybridized carbons (Fsp3) is 0.808. The number of quaternary nitrogens is 1. The van der Waals surface area contributed by atoms with Gasteiger partial charge < -0.3 is 19.2 Å². The second-order valence-corrected chi connectivity index (χ2v) is 9.90. The number of hydrogen-bond donors (Lipinski definition) is 2. The Morgan fingerprint density at radius 3 is 2.23 bits per heavy atom. The Hall–Kier alpha value is -1.02. The van der Waals surface area contributed by atoms with Crippen LogP contribution in [0.5, 0.6) is 0 Å². The topological polar surface area (TPSA) is 102 Å². The SMILES string of the molecule is [2H]C([2H])([2H])[N+](CCOP(=O)(O)OC[C@H](O)COC(=O)CCCCCCC/C=C\C/C=C\CCCCC)(C([2H])([2H])[2H])C([2H])([2H])[2H]. The third kappa shape index (κ3) is 25.9. The zero-order valence-electron chi connectivity index (χ0n) is 30.0. The Morgan fingerprint density at radius 2 is 1.57 bits per heavy atom. The molecule has 0 aliphatic rings. The number of likely N-dealkylation sites (N-methyl/N-ethyl adjacent to an activating group) is 1. The van der Waals surface area contributed by atoms with Gasteiger partial charge in [-0.25, -0.2) is 4.57 Å². The summed E-state index contributed by atoms with van der Waals surface area (Å²) in [7, 11) is -4.95. The number of unbranched alkanes of at least 4 members (excludes halogenated alkanes) is 8. The molecule has 0 fully saturated rings. The lowest BCUT2D eigenvalue weighted by atomic mass is 10.1. The first-order chi connectivity index (χ1) is 20.3. The van der Waals surface area contributed by atoms with Crippen molar-refractivity contribution >= 4 is 13.8 Å². The highest BCUT2D eigenvalue weighted by molar-refractivity contribution is 7.47. The molecule has 0 heterocycles. The quantitative estimate of drug-likeness (QED) is 0.0589. The van der Waals surface area contributed by atoms with Gasteiger partial charge in [0.25, 0.3) is 0 Å². The third-order valence-corrected chi connectivity index (χ3v) is 5.86. The number of carbonyl (C=O) groups is 1. The lowest BCUT2D eigenvalue weighted by Gasteiger charge is -2.24. The van der Waals surface area contributed by atoms with Gasteiger partial charge in [0.15, 0.2) is 0 Å². The van der Waals surface area contributed by atoms with Crippen molar-refractivity contribution in [2.24, 2.45) is 0 Å². The van der Waals surface area contributed by atoms with Gasteiger partial charge in [-0.15, -0.1) is 0 Å². The number of phosphoric acid groups is 1. The van der Waals surface area contributed by atoms with Gasteiger partial charge in [0, 0.05) is 6.42 Å². The van der Waals surface area contributed by atoms with Gasteiger partial charge in [0.2, 0.25) is 0 Å². The molecular formula is C26H51NO7P+. The van der Waals surface area contributed by atoms with Gasteiger partial charge in [-0.05, 0) is 38.5 Å². The molecule has 0 aliphatic heterocycles. The van der Waals surface area contributed by atoms with Crippen LogP contribution in [0.15, 0.2) is 24.3 Å². The van der Waals surface area contributed by atoms with Gasteiger partial charge >= 0.3 is 13.8 Å². The molecule has 206 valence electrons. The molecule has 0 amide bonds. The van der Waals surface area contributed by atoms with Gasteiger partial charge in [-0.3, -0.25) is 13.8 Å². The van der Waals surface area contributed by atoms with E-state index in [1.54, 1.807) is 0 Å². The van der Waals surface area contributed by atoms with Crippen molar-refractivity contribution in [3.8, 4) is 0 Å². The average Bonchev–Trinajstić information content (AvgIpc) is 2.88. The van der Waals surface area contributed by atoms with Crippen LogP contribution in [0.2, 0.25) is 0 Å². The predicted octanol–water partition coefficient (Wildman–Crippen LogP) is 5.54. The van der Waals surface area contributed by atoms with Crippen molar-refractivity contribution < 1.29 is 50.0 Å². The summed E-state index contributed by atoms with van der Waals surface area (Å²) in [6.07, 6.45) is 18.9. The van der Waals surface area contributed by atoms with Crippen LogP contribution in [0, 0.1) is 0 Å². The van der Waals surface area contributed by atoms with E-state index in [2.05, 4.69) is 40.3 Å². The van der Waals surface area contributed by atoms with Gasteiger partial charge in [-0.1, -0.05) is 63.3 Å². The number of rotatable bonds is 23. The molecule has 1 unspecified atom stereocenters. The minimum absolute atomic E-state index is 0.149. The summed E-state index contributed by atoms with van der Waals surface area (Å²) >= 11 is 0. The molecular weight excluding hydrogens is 469 g/mol. The summed E-state index contributed by atoms with van der Waals surface area (Å²) in [6, 6.07) is 0. The van der Waals surface area contributed by atoms with E-state index < -0.39 is 71.7 Å². The molecule has 0 rings (SSSR count). The number of allylic oxidation sites excluding steroid dienone is 4. The monoisotopic (exact) mass is 529 g/mol. The molecule has 0 aromatic rings. The highest BCUT2D eigenvalue weighted by atomic mass is 31.2. The molecule has 0 bridgehead atoms. The van der Waals surface area contributed by atoms with Gasteiger partial charge in [-0.2, -0.15) is 0 Å². The van der Waals surface area contributed by atoms with Crippen molar-refractivity contribution in [2.75, 3.05) is 47.3 Å². The lowest BCUT2D eigenvalue weighted by Crippen LogP contribution is -2.37. The maximum atomic E-state index is 12.1. The number of esters is 1. The van der Waals surface area contributed by atoms with Crippen LogP contribution >= 0.6 is 7.82 Å². The van der Waals surface area contributed by atoms with Crippen LogP contribution in [-0.2, 0) is 23.1 Å². The number of phosphoric ester groups is 1. The average molecular weight is 530 g/mol. The number of hydrogen-bond acceptors (Lipinski definition) is 6. The predicted molar refractivity (Wildman–Crippen MR) is 141 cm³/mol. The third-order valence-electron chi connectivity index (χ3n) is 4.88. The fourth-order valence-electron chi connectivity index (χ4n) is 2.90. The van der Waals surface area contributed by atoms with Crippen LogP contribution in [0.3, 0.4) is 0 Å². The van der Waals surface area contributed by atoms with Crippen molar-refractivity contribution in [3.05, 3.63) is 24.3 Å². The van der Waals surface area contributed by atoms with Crippen LogP contribution in [0.4, 0.5) is 0 Å². The number of aliphatic hydroxyl groups is 1. The second kappa shape index (κ2) is 21.1. The summed E-state index contributed by atoms with van der Waals surface area (Å²) < 4.78 is 91.5. The zero-order valence-corrected chi connectivity index (χ0v) is 21.9. The number of carbonyl (C=O) groups excluding carboxylic acids is 1. The molecule has 0 radical (unpaired) electrons. The first-order valence-corrected chi connectivity index (χ1v) is 13.9.